The Morgan fingerprint density at radius 2 is 1.90 bits per heavy atom. The van der Waals surface area contributed by atoms with Gasteiger partial charge in [-0.2, -0.15) is 0 Å². The van der Waals surface area contributed by atoms with Crippen LogP contribution in [0.2, 0.25) is 0 Å². The van der Waals surface area contributed by atoms with Crippen LogP contribution >= 0.6 is 0 Å². The van der Waals surface area contributed by atoms with E-state index in [1.807, 2.05) is 25.1 Å². The molecular formula is C15H26N4O. The van der Waals surface area contributed by atoms with Crippen molar-refractivity contribution in [2.45, 2.75) is 6.92 Å². The van der Waals surface area contributed by atoms with E-state index in [-0.39, 0.29) is 0 Å². The topological polar surface area (TPSA) is 48.9 Å². The van der Waals surface area contributed by atoms with Gasteiger partial charge in [-0.1, -0.05) is 18.2 Å². The molecule has 1 aromatic rings. The molecule has 0 atom stereocenters. The van der Waals surface area contributed by atoms with Crippen molar-refractivity contribution in [1.29, 1.82) is 0 Å². The molecule has 5 nitrogen and oxygen atoms in total. The summed E-state index contributed by atoms with van der Waals surface area (Å²) in [5.41, 5.74) is 1.22. The molecule has 112 valence electrons. The van der Waals surface area contributed by atoms with Gasteiger partial charge in [0.25, 0.3) is 0 Å². The van der Waals surface area contributed by atoms with E-state index < -0.39 is 0 Å². The Morgan fingerprint density at radius 1 is 1.20 bits per heavy atom. The summed E-state index contributed by atoms with van der Waals surface area (Å²) in [6.45, 7) is 5.95. The summed E-state index contributed by atoms with van der Waals surface area (Å²) in [4.78, 5) is 6.38. The molecule has 0 aromatic heterocycles. The molecule has 0 fully saturated rings. The van der Waals surface area contributed by atoms with Crippen molar-refractivity contribution in [3.8, 4) is 0 Å². The zero-order chi connectivity index (χ0) is 14.6. The van der Waals surface area contributed by atoms with E-state index in [9.17, 15) is 0 Å². The summed E-state index contributed by atoms with van der Waals surface area (Å²) < 4.78 is 5.28. The second-order valence-electron chi connectivity index (χ2n) is 4.38. The molecule has 1 aromatic carbocycles. The van der Waals surface area contributed by atoms with E-state index in [4.69, 9.17) is 4.74 Å². The van der Waals surface area contributed by atoms with Gasteiger partial charge in [0.2, 0.25) is 0 Å². The van der Waals surface area contributed by atoms with Gasteiger partial charge in [0.1, 0.15) is 0 Å². The van der Waals surface area contributed by atoms with Gasteiger partial charge in [0, 0.05) is 46.0 Å². The smallest absolute Gasteiger partial charge is 0.191 e. The van der Waals surface area contributed by atoms with Crippen LogP contribution in [0.15, 0.2) is 35.3 Å². The number of para-hydroxylation sites is 1. The van der Waals surface area contributed by atoms with E-state index in [1.165, 1.54) is 5.69 Å². The highest BCUT2D eigenvalue weighted by atomic mass is 16.5. The van der Waals surface area contributed by atoms with Crippen LogP contribution in [0, 0.1) is 0 Å². The maximum Gasteiger partial charge on any atom is 0.191 e. The van der Waals surface area contributed by atoms with Crippen molar-refractivity contribution in [2.75, 3.05) is 51.8 Å². The fourth-order valence-electron chi connectivity index (χ4n) is 1.76. The monoisotopic (exact) mass is 278 g/mol. The molecule has 0 unspecified atom stereocenters. The van der Waals surface area contributed by atoms with Crippen LogP contribution in [0.5, 0.6) is 0 Å². The van der Waals surface area contributed by atoms with Crippen LogP contribution in [0.3, 0.4) is 0 Å². The first-order valence-corrected chi connectivity index (χ1v) is 7.06. The molecule has 0 amide bonds. The normalized spacial score (nSPS) is 11.2. The van der Waals surface area contributed by atoms with Gasteiger partial charge < -0.3 is 20.3 Å². The number of nitrogens with zero attached hydrogens (tertiary/aromatic N) is 2. The molecule has 5 heteroatoms. The van der Waals surface area contributed by atoms with Crippen molar-refractivity contribution >= 4 is 11.6 Å². The van der Waals surface area contributed by atoms with Gasteiger partial charge >= 0.3 is 0 Å². The lowest BCUT2D eigenvalue weighted by atomic mass is 10.3. The Kier molecular flexibility index (Phi) is 8.22. The fraction of sp³-hybridized carbons (Fsp3) is 0.533. The number of ether oxygens (including phenoxy) is 1. The quantitative estimate of drug-likeness (QED) is 0.428. The summed E-state index contributed by atoms with van der Waals surface area (Å²) in [7, 11) is 3.86. The number of rotatable bonds is 8. The number of anilines is 1. The molecule has 1 rings (SSSR count). The number of likely N-dealkylation sites (N-methyl/N-ethyl adjacent to an activating group) is 1. The Hall–Kier alpha value is -1.75. The highest BCUT2D eigenvalue weighted by molar-refractivity contribution is 5.79. The van der Waals surface area contributed by atoms with Crippen molar-refractivity contribution < 1.29 is 4.74 Å². The van der Waals surface area contributed by atoms with Crippen LogP contribution in [-0.4, -0.2) is 52.9 Å². The molecule has 0 saturated carbocycles. The lowest BCUT2D eigenvalue weighted by molar-refractivity contribution is 0.152. The third kappa shape index (κ3) is 6.43. The second-order valence-corrected chi connectivity index (χ2v) is 4.38. The van der Waals surface area contributed by atoms with Gasteiger partial charge in [-0.15, -0.1) is 0 Å². The third-order valence-electron chi connectivity index (χ3n) is 2.90. The minimum atomic E-state index is 0.696. The number of hydrogen-bond donors (Lipinski definition) is 2. The molecule has 20 heavy (non-hydrogen) atoms. The van der Waals surface area contributed by atoms with Crippen molar-refractivity contribution in [3.05, 3.63) is 30.3 Å². The molecule has 0 aliphatic rings. The van der Waals surface area contributed by atoms with Gasteiger partial charge in [-0.3, -0.25) is 4.99 Å². The highest BCUT2D eigenvalue weighted by Gasteiger charge is 2.00. The molecule has 0 saturated heterocycles. The maximum absolute atomic E-state index is 5.28. The zero-order valence-electron chi connectivity index (χ0n) is 12.7. The van der Waals surface area contributed by atoms with Gasteiger partial charge in [-0.25, -0.2) is 0 Å². The zero-order valence-corrected chi connectivity index (χ0v) is 12.7. The molecule has 0 aliphatic carbocycles. The first-order chi connectivity index (χ1) is 9.77. The summed E-state index contributed by atoms with van der Waals surface area (Å²) >= 11 is 0. The molecule has 0 spiro atoms. The number of aliphatic imine (C=N–C) groups is 1. The SMILES string of the molecule is CCOCCNC(=NC)NCCN(C)c1ccccc1. The average Bonchev–Trinajstić information content (AvgIpc) is 2.50. The number of guanidine groups is 1. The highest BCUT2D eigenvalue weighted by Crippen LogP contribution is 2.09. The molecule has 0 aliphatic heterocycles. The minimum Gasteiger partial charge on any atom is -0.380 e. The van der Waals surface area contributed by atoms with Crippen molar-refractivity contribution in [1.82, 2.24) is 10.6 Å². The predicted octanol–water partition coefficient (Wildman–Crippen LogP) is 1.32. The Morgan fingerprint density at radius 3 is 2.55 bits per heavy atom. The first kappa shape index (κ1) is 16.3. The molecular weight excluding hydrogens is 252 g/mol. The Balaban J connectivity index is 2.21. The largest absolute Gasteiger partial charge is 0.380 e. The molecule has 0 heterocycles. The van der Waals surface area contributed by atoms with Crippen LogP contribution in [0.25, 0.3) is 0 Å². The van der Waals surface area contributed by atoms with E-state index >= 15 is 0 Å². The van der Waals surface area contributed by atoms with Crippen LogP contribution < -0.4 is 15.5 Å². The van der Waals surface area contributed by atoms with Crippen LogP contribution in [-0.2, 0) is 4.74 Å². The minimum absolute atomic E-state index is 0.696. The number of hydrogen-bond acceptors (Lipinski definition) is 3. The molecule has 2 N–H and O–H groups in total. The van der Waals surface area contributed by atoms with E-state index in [0.29, 0.717) is 6.61 Å². The molecule has 0 bridgehead atoms. The summed E-state index contributed by atoms with van der Waals surface area (Å²) in [5, 5.41) is 6.50. The molecule has 0 radical (unpaired) electrons. The summed E-state index contributed by atoms with van der Waals surface area (Å²) in [6.07, 6.45) is 0. The van der Waals surface area contributed by atoms with Crippen LogP contribution in [0.4, 0.5) is 5.69 Å². The summed E-state index contributed by atoms with van der Waals surface area (Å²) in [5.74, 6) is 0.811. The standard InChI is InChI=1S/C15H26N4O/c1-4-20-13-11-18-15(16-2)17-10-12-19(3)14-8-6-5-7-9-14/h5-9H,4,10-13H2,1-3H3,(H2,16,17,18). The van der Waals surface area contributed by atoms with E-state index in [0.717, 1.165) is 32.2 Å². The third-order valence-corrected chi connectivity index (χ3v) is 2.90. The van der Waals surface area contributed by atoms with Crippen molar-refractivity contribution in [3.63, 3.8) is 0 Å². The van der Waals surface area contributed by atoms with Gasteiger partial charge in [-0.05, 0) is 19.1 Å². The van der Waals surface area contributed by atoms with E-state index in [2.05, 4.69) is 39.7 Å². The maximum atomic E-state index is 5.28. The Bertz CT molecular complexity index is 381. The average molecular weight is 278 g/mol. The number of nitrogens with one attached hydrogen (secondary N) is 2. The summed E-state index contributed by atoms with van der Waals surface area (Å²) in [6, 6.07) is 10.3. The first-order valence-electron chi connectivity index (χ1n) is 7.06. The van der Waals surface area contributed by atoms with Crippen molar-refractivity contribution in [2.24, 2.45) is 4.99 Å². The predicted molar refractivity (Wildman–Crippen MR) is 85.6 cm³/mol. The second kappa shape index (κ2) is 10.1. The lowest BCUT2D eigenvalue weighted by Crippen LogP contribution is -2.42. The van der Waals surface area contributed by atoms with Gasteiger partial charge in [0.05, 0.1) is 6.61 Å². The van der Waals surface area contributed by atoms with Gasteiger partial charge in [0.15, 0.2) is 5.96 Å². The van der Waals surface area contributed by atoms with E-state index in [1.54, 1.807) is 7.05 Å². The Labute approximate surface area is 122 Å². The lowest BCUT2D eigenvalue weighted by Gasteiger charge is -2.20. The fourth-order valence-corrected chi connectivity index (χ4v) is 1.76. The number of benzene rings is 1. The van der Waals surface area contributed by atoms with Crippen LogP contribution in [0.1, 0.15) is 6.92 Å².